The number of aromatic nitrogens is 1. The van der Waals surface area contributed by atoms with Crippen molar-refractivity contribution in [3.8, 4) is 11.3 Å². The Hall–Kier alpha value is -2.37. The van der Waals surface area contributed by atoms with Crippen molar-refractivity contribution in [1.82, 2.24) is 4.98 Å². The van der Waals surface area contributed by atoms with E-state index in [-0.39, 0.29) is 12.4 Å². The second-order valence-corrected chi connectivity index (χ2v) is 4.40. The molecule has 0 amide bonds. The van der Waals surface area contributed by atoms with Gasteiger partial charge in [-0.1, -0.05) is 12.1 Å². The fraction of sp³-hybridized carbons (Fsp3) is 0.200. The molecule has 3 nitrogen and oxygen atoms in total. The number of alkyl halides is 3. The van der Waals surface area contributed by atoms with Crippen LogP contribution >= 0.6 is 0 Å². The lowest BCUT2D eigenvalue weighted by Gasteiger charge is -2.07. The van der Waals surface area contributed by atoms with Gasteiger partial charge in [-0.05, 0) is 29.8 Å². The molecule has 21 heavy (non-hydrogen) atoms. The third-order valence-electron chi connectivity index (χ3n) is 2.92. The summed E-state index contributed by atoms with van der Waals surface area (Å²) in [6.07, 6.45) is -2.62. The Kier molecular flexibility index (Phi) is 4.26. The molecular formula is C15H13F3NO2+. The van der Waals surface area contributed by atoms with Gasteiger partial charge < -0.3 is 9.53 Å². The van der Waals surface area contributed by atoms with Crippen molar-refractivity contribution in [3.05, 3.63) is 53.7 Å². The minimum Gasteiger partial charge on any atom is -0.339 e. The van der Waals surface area contributed by atoms with Crippen LogP contribution in [-0.4, -0.2) is 22.9 Å². The van der Waals surface area contributed by atoms with E-state index in [1.165, 1.54) is 25.4 Å². The van der Waals surface area contributed by atoms with Gasteiger partial charge >= 0.3 is 12.1 Å². The number of pyridine rings is 1. The van der Waals surface area contributed by atoms with Crippen molar-refractivity contribution in [2.24, 2.45) is 0 Å². The van der Waals surface area contributed by atoms with Crippen LogP contribution in [0.1, 0.15) is 11.1 Å². The maximum Gasteiger partial charge on any atom is 0.486 e. The van der Waals surface area contributed by atoms with Crippen LogP contribution in [0.15, 0.2) is 42.6 Å². The summed E-state index contributed by atoms with van der Waals surface area (Å²) in [4.78, 5) is 13.5. The van der Waals surface area contributed by atoms with Gasteiger partial charge in [0, 0.05) is 11.8 Å². The Morgan fingerprint density at radius 2 is 1.86 bits per heavy atom. The highest BCUT2D eigenvalue weighted by molar-refractivity contribution is 5.74. The molecule has 1 aromatic heterocycles. The molecule has 0 aliphatic carbocycles. The second-order valence-electron chi connectivity index (χ2n) is 4.40. The average molecular weight is 296 g/mol. The van der Waals surface area contributed by atoms with Crippen molar-refractivity contribution in [3.63, 3.8) is 0 Å². The van der Waals surface area contributed by atoms with Crippen molar-refractivity contribution in [2.45, 2.75) is 12.6 Å². The molecule has 110 valence electrons. The molecule has 6 heteroatoms. The highest BCUT2D eigenvalue weighted by Crippen LogP contribution is 2.30. The van der Waals surface area contributed by atoms with E-state index in [9.17, 15) is 18.0 Å². The second kappa shape index (κ2) is 5.95. The van der Waals surface area contributed by atoms with Crippen LogP contribution < -0.4 is 0 Å². The topological polar surface area (TPSA) is 43.5 Å². The van der Waals surface area contributed by atoms with Gasteiger partial charge in [-0.15, -0.1) is 0 Å². The average Bonchev–Trinajstić information content (AvgIpc) is 2.46. The van der Waals surface area contributed by atoms with E-state index in [1.54, 1.807) is 12.1 Å². The number of halogens is 3. The lowest BCUT2D eigenvalue weighted by atomic mass is 10.1. The summed E-state index contributed by atoms with van der Waals surface area (Å²) in [5, 5.41) is 0. The predicted octanol–water partition coefficient (Wildman–Crippen LogP) is 3.46. The van der Waals surface area contributed by atoms with Gasteiger partial charge in [-0.3, -0.25) is 4.98 Å². The summed E-state index contributed by atoms with van der Waals surface area (Å²) in [5.74, 6) is -0.139. The van der Waals surface area contributed by atoms with Crippen LogP contribution in [0.5, 0.6) is 0 Å². The molecule has 0 aliphatic rings. The SMILES string of the molecule is COC(=[OH+])Cc1ccnc(-c2ccc(C(F)(F)F)cc2)c1. The van der Waals surface area contributed by atoms with Gasteiger partial charge in [-0.25, -0.2) is 0 Å². The van der Waals surface area contributed by atoms with Gasteiger partial charge in [-0.2, -0.15) is 13.2 Å². The lowest BCUT2D eigenvalue weighted by molar-refractivity contribution is -0.137. The molecule has 0 fully saturated rings. The highest BCUT2D eigenvalue weighted by atomic mass is 19.4. The summed E-state index contributed by atoms with van der Waals surface area (Å²) < 4.78 is 42.2. The summed E-state index contributed by atoms with van der Waals surface area (Å²) in [6.45, 7) is 0. The summed E-state index contributed by atoms with van der Waals surface area (Å²) in [6, 6.07) is 8.16. The molecule has 0 spiro atoms. The van der Waals surface area contributed by atoms with Crippen LogP contribution in [0.25, 0.3) is 11.3 Å². The van der Waals surface area contributed by atoms with Gasteiger partial charge in [0.15, 0.2) is 7.11 Å². The van der Waals surface area contributed by atoms with E-state index in [1.807, 2.05) is 0 Å². The molecule has 0 radical (unpaired) electrons. The monoisotopic (exact) mass is 296 g/mol. The lowest BCUT2D eigenvalue weighted by Crippen LogP contribution is -2.05. The Bertz CT molecular complexity index is 636. The molecule has 1 aromatic carbocycles. The van der Waals surface area contributed by atoms with Crippen LogP contribution in [0.3, 0.4) is 0 Å². The molecule has 1 N–H and O–H groups in total. The number of methoxy groups -OCH3 is 1. The Morgan fingerprint density at radius 3 is 2.43 bits per heavy atom. The first kappa shape index (κ1) is 15.0. The highest BCUT2D eigenvalue weighted by Gasteiger charge is 2.30. The standard InChI is InChI=1S/C15H12F3NO2/c1-21-14(20)9-10-6-7-19-13(8-10)11-2-4-12(5-3-11)15(16,17)18/h2-8H,9H2,1H3/p+1. The van der Waals surface area contributed by atoms with Gasteiger partial charge in [0.25, 0.3) is 0 Å². The molecule has 2 rings (SSSR count). The zero-order valence-electron chi connectivity index (χ0n) is 11.2. The first-order valence-electron chi connectivity index (χ1n) is 6.11. The first-order valence-corrected chi connectivity index (χ1v) is 6.11. The molecule has 1 heterocycles. The van der Waals surface area contributed by atoms with E-state index < -0.39 is 11.7 Å². The summed E-state index contributed by atoms with van der Waals surface area (Å²) in [5.41, 5.74) is 1.15. The maximum atomic E-state index is 12.5. The van der Waals surface area contributed by atoms with E-state index >= 15 is 0 Å². The fourth-order valence-electron chi connectivity index (χ4n) is 1.82. The van der Waals surface area contributed by atoms with Crippen molar-refractivity contribution >= 4 is 5.97 Å². The van der Waals surface area contributed by atoms with Crippen LogP contribution in [0.4, 0.5) is 13.2 Å². The number of carbonyl (C=O) groups excluding carboxylic acids is 1. The van der Waals surface area contributed by atoms with E-state index in [0.29, 0.717) is 11.3 Å². The fourth-order valence-corrected chi connectivity index (χ4v) is 1.82. The zero-order chi connectivity index (χ0) is 15.5. The summed E-state index contributed by atoms with van der Waals surface area (Å²) in [7, 11) is 1.35. The number of esters is 1. The quantitative estimate of drug-likeness (QED) is 0.643. The number of nitrogens with zero attached hydrogens (tertiary/aromatic N) is 1. The molecular weight excluding hydrogens is 283 g/mol. The van der Waals surface area contributed by atoms with Gasteiger partial charge in [0.2, 0.25) is 0 Å². The molecule has 0 saturated heterocycles. The maximum absolute atomic E-state index is 12.5. The largest absolute Gasteiger partial charge is 0.486 e. The van der Waals surface area contributed by atoms with Crippen LogP contribution in [0.2, 0.25) is 0 Å². The van der Waals surface area contributed by atoms with Crippen LogP contribution in [0, 0.1) is 0 Å². The molecule has 0 aliphatic heterocycles. The predicted molar refractivity (Wildman–Crippen MR) is 72.3 cm³/mol. The van der Waals surface area contributed by atoms with Crippen molar-refractivity contribution in [1.29, 1.82) is 0 Å². The molecule has 0 saturated carbocycles. The number of hydrogen-bond acceptors (Lipinski definition) is 2. The number of rotatable bonds is 3. The van der Waals surface area contributed by atoms with Gasteiger partial charge in [0.05, 0.1) is 11.3 Å². The van der Waals surface area contributed by atoms with E-state index in [0.717, 1.165) is 17.7 Å². The Morgan fingerprint density at radius 1 is 1.19 bits per heavy atom. The number of hydrogen-bond donors (Lipinski definition) is 0. The molecule has 0 bridgehead atoms. The van der Waals surface area contributed by atoms with Crippen molar-refractivity contribution < 1.29 is 22.7 Å². The Labute approximate surface area is 119 Å². The molecule has 2 aromatic rings. The smallest absolute Gasteiger partial charge is 0.339 e. The minimum absolute atomic E-state index is 0.139. The zero-order valence-corrected chi connectivity index (χ0v) is 11.2. The molecule has 0 unspecified atom stereocenters. The third-order valence-corrected chi connectivity index (χ3v) is 2.92. The van der Waals surface area contributed by atoms with Crippen LogP contribution in [-0.2, 0) is 17.3 Å². The minimum atomic E-state index is -4.35. The van der Waals surface area contributed by atoms with E-state index in [4.69, 9.17) is 0 Å². The third kappa shape index (κ3) is 3.81. The summed E-state index contributed by atoms with van der Waals surface area (Å²) >= 11 is 0. The van der Waals surface area contributed by atoms with Crippen molar-refractivity contribution in [2.75, 3.05) is 7.11 Å². The Balaban J connectivity index is 2.26. The van der Waals surface area contributed by atoms with E-state index in [2.05, 4.69) is 9.72 Å². The first-order chi connectivity index (χ1) is 9.90. The molecule has 0 atom stereocenters. The normalized spacial score (nSPS) is 11.2. The number of ether oxygens (including phenoxy) is 1. The number of benzene rings is 1. The van der Waals surface area contributed by atoms with Gasteiger partial charge in [0.1, 0.15) is 6.42 Å².